The van der Waals surface area contributed by atoms with Gasteiger partial charge in [0.1, 0.15) is 5.82 Å². The van der Waals surface area contributed by atoms with Gasteiger partial charge in [-0.3, -0.25) is 14.9 Å². The topological polar surface area (TPSA) is 83.6 Å². The highest BCUT2D eigenvalue weighted by molar-refractivity contribution is 7.99. The summed E-state index contributed by atoms with van der Waals surface area (Å²) in [5.74, 6) is 1.31. The van der Waals surface area contributed by atoms with E-state index in [4.69, 9.17) is 0 Å². The fraction of sp³-hybridized carbons (Fsp3) is 0.429. The van der Waals surface area contributed by atoms with E-state index in [2.05, 4.69) is 39.3 Å². The Morgan fingerprint density at radius 1 is 1.38 bits per heavy atom. The Morgan fingerprint density at radius 3 is 2.67 bits per heavy atom. The van der Waals surface area contributed by atoms with Crippen molar-refractivity contribution in [3.8, 4) is 0 Å². The SMILES string of the molecule is Cc1nc(SCC(=O)N[C@@H](c2ccncc2)C(C)C)n[nH]1. The van der Waals surface area contributed by atoms with Crippen molar-refractivity contribution in [1.82, 2.24) is 25.5 Å². The van der Waals surface area contributed by atoms with Crippen molar-refractivity contribution < 1.29 is 4.79 Å². The zero-order valence-corrected chi connectivity index (χ0v) is 13.1. The van der Waals surface area contributed by atoms with E-state index in [0.717, 1.165) is 11.4 Å². The number of aromatic amines is 1. The molecule has 2 heterocycles. The van der Waals surface area contributed by atoms with Crippen molar-refractivity contribution in [2.45, 2.75) is 32.0 Å². The summed E-state index contributed by atoms with van der Waals surface area (Å²) in [6.45, 7) is 5.99. The molecular formula is C14H19N5OS. The Morgan fingerprint density at radius 2 is 2.10 bits per heavy atom. The lowest BCUT2D eigenvalue weighted by Gasteiger charge is -2.22. The van der Waals surface area contributed by atoms with Gasteiger partial charge in [0.2, 0.25) is 11.1 Å². The second kappa shape index (κ2) is 7.21. The third-order valence-corrected chi connectivity index (χ3v) is 3.80. The minimum atomic E-state index is -0.0297. The number of carbonyl (C=O) groups is 1. The number of hydrogen-bond donors (Lipinski definition) is 2. The summed E-state index contributed by atoms with van der Waals surface area (Å²) >= 11 is 1.32. The van der Waals surface area contributed by atoms with E-state index in [1.54, 1.807) is 12.4 Å². The number of aromatic nitrogens is 4. The van der Waals surface area contributed by atoms with Crippen LogP contribution in [0.25, 0.3) is 0 Å². The first-order valence-corrected chi connectivity index (χ1v) is 7.76. The maximum Gasteiger partial charge on any atom is 0.230 e. The van der Waals surface area contributed by atoms with Gasteiger partial charge in [-0.05, 0) is 30.5 Å². The molecule has 2 aromatic rings. The molecular weight excluding hydrogens is 286 g/mol. The molecule has 0 unspecified atom stereocenters. The zero-order chi connectivity index (χ0) is 15.2. The number of pyridine rings is 1. The van der Waals surface area contributed by atoms with Crippen molar-refractivity contribution in [3.05, 3.63) is 35.9 Å². The molecule has 1 atom stereocenters. The van der Waals surface area contributed by atoms with Crippen LogP contribution in [0.4, 0.5) is 0 Å². The van der Waals surface area contributed by atoms with Crippen LogP contribution in [0.3, 0.4) is 0 Å². The Hall–Kier alpha value is -1.89. The lowest BCUT2D eigenvalue weighted by molar-refractivity contribution is -0.119. The van der Waals surface area contributed by atoms with Gasteiger partial charge in [-0.1, -0.05) is 25.6 Å². The quantitative estimate of drug-likeness (QED) is 0.799. The van der Waals surface area contributed by atoms with Gasteiger partial charge in [-0.25, -0.2) is 4.98 Å². The van der Waals surface area contributed by atoms with E-state index in [-0.39, 0.29) is 11.9 Å². The van der Waals surface area contributed by atoms with Crippen molar-refractivity contribution in [2.75, 3.05) is 5.75 Å². The van der Waals surface area contributed by atoms with E-state index in [0.29, 0.717) is 16.8 Å². The zero-order valence-electron chi connectivity index (χ0n) is 12.3. The van der Waals surface area contributed by atoms with Crippen molar-refractivity contribution in [2.24, 2.45) is 5.92 Å². The molecule has 2 rings (SSSR count). The monoisotopic (exact) mass is 305 g/mol. The molecule has 1 amide bonds. The number of hydrogen-bond acceptors (Lipinski definition) is 5. The summed E-state index contributed by atoms with van der Waals surface area (Å²) < 4.78 is 0. The highest BCUT2D eigenvalue weighted by atomic mass is 32.2. The molecule has 21 heavy (non-hydrogen) atoms. The van der Waals surface area contributed by atoms with Gasteiger partial charge in [-0.15, -0.1) is 5.10 Å². The van der Waals surface area contributed by atoms with Crippen molar-refractivity contribution >= 4 is 17.7 Å². The second-order valence-electron chi connectivity index (χ2n) is 5.06. The normalized spacial score (nSPS) is 12.4. The lowest BCUT2D eigenvalue weighted by Crippen LogP contribution is -2.33. The molecule has 0 aliphatic rings. The molecule has 2 aromatic heterocycles. The van der Waals surface area contributed by atoms with E-state index in [9.17, 15) is 4.79 Å². The Bertz CT molecular complexity index is 584. The summed E-state index contributed by atoms with van der Waals surface area (Å²) in [5.41, 5.74) is 1.06. The molecule has 0 spiro atoms. The number of nitrogens with one attached hydrogen (secondary N) is 2. The van der Waals surface area contributed by atoms with E-state index < -0.39 is 0 Å². The molecule has 0 aromatic carbocycles. The fourth-order valence-electron chi connectivity index (χ4n) is 1.94. The number of nitrogens with zero attached hydrogens (tertiary/aromatic N) is 3. The van der Waals surface area contributed by atoms with Gasteiger partial charge in [0.25, 0.3) is 0 Å². The largest absolute Gasteiger partial charge is 0.348 e. The standard InChI is InChI=1S/C14H19N5OS/c1-9(2)13(11-4-6-15-7-5-11)17-12(20)8-21-14-16-10(3)18-19-14/h4-7,9,13H,8H2,1-3H3,(H,17,20)(H,16,18,19)/t13-/m1/s1. The van der Waals surface area contributed by atoms with Crippen LogP contribution < -0.4 is 5.32 Å². The van der Waals surface area contributed by atoms with E-state index in [1.807, 2.05) is 19.1 Å². The molecule has 0 saturated carbocycles. The first-order valence-electron chi connectivity index (χ1n) is 6.77. The number of H-pyrrole nitrogens is 1. The third-order valence-electron chi connectivity index (χ3n) is 2.96. The molecule has 0 aliphatic heterocycles. The summed E-state index contributed by atoms with van der Waals surface area (Å²) in [6, 6.07) is 3.84. The van der Waals surface area contributed by atoms with Crippen LogP contribution in [0.15, 0.2) is 29.7 Å². The molecule has 0 bridgehead atoms. The predicted molar refractivity (Wildman–Crippen MR) is 81.8 cm³/mol. The summed E-state index contributed by atoms with van der Waals surface area (Å²) in [4.78, 5) is 20.3. The lowest BCUT2D eigenvalue weighted by atomic mass is 9.97. The molecule has 0 saturated heterocycles. The van der Waals surface area contributed by atoms with Gasteiger partial charge in [0.05, 0.1) is 11.8 Å². The summed E-state index contributed by atoms with van der Waals surface area (Å²) in [7, 11) is 0. The molecule has 112 valence electrons. The van der Waals surface area contributed by atoms with E-state index >= 15 is 0 Å². The molecule has 0 radical (unpaired) electrons. The highest BCUT2D eigenvalue weighted by Crippen LogP contribution is 2.21. The van der Waals surface area contributed by atoms with Crippen LogP contribution in [-0.4, -0.2) is 31.8 Å². The van der Waals surface area contributed by atoms with Crippen LogP contribution in [0, 0.1) is 12.8 Å². The maximum atomic E-state index is 12.1. The molecule has 6 nitrogen and oxygen atoms in total. The number of rotatable bonds is 6. The Labute approximate surface area is 128 Å². The van der Waals surface area contributed by atoms with Gasteiger partial charge < -0.3 is 5.32 Å². The average Bonchev–Trinajstić information content (AvgIpc) is 2.89. The minimum Gasteiger partial charge on any atom is -0.348 e. The molecule has 0 fully saturated rings. The fourth-order valence-corrected chi connectivity index (χ4v) is 2.59. The van der Waals surface area contributed by atoms with Gasteiger partial charge >= 0.3 is 0 Å². The third kappa shape index (κ3) is 4.56. The van der Waals surface area contributed by atoms with Gasteiger partial charge in [0.15, 0.2) is 0 Å². The molecule has 2 N–H and O–H groups in total. The van der Waals surface area contributed by atoms with Crippen LogP contribution in [0.1, 0.15) is 31.3 Å². The van der Waals surface area contributed by atoms with Crippen molar-refractivity contribution in [3.63, 3.8) is 0 Å². The molecule has 7 heteroatoms. The minimum absolute atomic E-state index is 0.0185. The van der Waals surface area contributed by atoms with Crippen LogP contribution in [-0.2, 0) is 4.79 Å². The van der Waals surface area contributed by atoms with Crippen LogP contribution in [0.2, 0.25) is 0 Å². The first-order chi connectivity index (χ1) is 10.1. The first kappa shape index (κ1) is 15.5. The number of carbonyl (C=O) groups excluding carboxylic acids is 1. The number of amides is 1. The van der Waals surface area contributed by atoms with Gasteiger partial charge in [0, 0.05) is 12.4 Å². The van der Waals surface area contributed by atoms with Crippen LogP contribution >= 0.6 is 11.8 Å². The summed E-state index contributed by atoms with van der Waals surface area (Å²) in [6.07, 6.45) is 3.48. The highest BCUT2D eigenvalue weighted by Gasteiger charge is 2.18. The predicted octanol–water partition coefficient (Wildman–Crippen LogP) is 2.11. The van der Waals surface area contributed by atoms with E-state index in [1.165, 1.54) is 11.8 Å². The Kier molecular flexibility index (Phi) is 5.32. The van der Waals surface area contributed by atoms with Gasteiger partial charge in [-0.2, -0.15) is 0 Å². The number of aryl methyl sites for hydroxylation is 1. The average molecular weight is 305 g/mol. The van der Waals surface area contributed by atoms with Crippen LogP contribution in [0.5, 0.6) is 0 Å². The number of thioether (sulfide) groups is 1. The summed E-state index contributed by atoms with van der Waals surface area (Å²) in [5, 5.41) is 10.4. The second-order valence-corrected chi connectivity index (χ2v) is 6.00. The molecule has 0 aliphatic carbocycles. The maximum absolute atomic E-state index is 12.1. The Balaban J connectivity index is 1.93. The van der Waals surface area contributed by atoms with Crippen molar-refractivity contribution in [1.29, 1.82) is 0 Å². The smallest absolute Gasteiger partial charge is 0.230 e.